The number of imidazole rings is 1. The zero-order chi connectivity index (χ0) is 21.3. The summed E-state index contributed by atoms with van der Waals surface area (Å²) in [5, 5.41) is 3.35. The second-order valence-corrected chi connectivity index (χ2v) is 8.33. The standard InChI is InChI=1S/C24H20Cl2N2O3/c25-19-6-8-22(23(26)12-19)24(15-28-10-9-27-16-28)30-14-21(31-24)13-29-20-7-5-17-3-1-2-4-18(17)11-20/h1-12,16,21H,13-15H2/t21-,24-/m1/s1. The van der Waals surface area contributed by atoms with Crippen LogP contribution in [-0.4, -0.2) is 28.9 Å². The lowest BCUT2D eigenvalue weighted by molar-refractivity contribution is -0.189. The van der Waals surface area contributed by atoms with Crippen molar-refractivity contribution in [2.24, 2.45) is 0 Å². The number of hydrogen-bond acceptors (Lipinski definition) is 4. The van der Waals surface area contributed by atoms with E-state index in [0.29, 0.717) is 29.8 Å². The summed E-state index contributed by atoms with van der Waals surface area (Å²) in [5.74, 6) is -0.265. The molecule has 4 aromatic rings. The molecular weight excluding hydrogens is 435 g/mol. The first-order valence-electron chi connectivity index (χ1n) is 9.96. The third kappa shape index (κ3) is 4.27. The van der Waals surface area contributed by atoms with Crippen molar-refractivity contribution in [3.63, 3.8) is 0 Å². The summed E-state index contributed by atoms with van der Waals surface area (Å²) in [7, 11) is 0. The fourth-order valence-corrected chi connectivity index (χ4v) is 4.37. The van der Waals surface area contributed by atoms with Gasteiger partial charge in [0.25, 0.3) is 0 Å². The molecule has 0 radical (unpaired) electrons. The normalized spacial score (nSPS) is 20.9. The van der Waals surface area contributed by atoms with Gasteiger partial charge in [-0.2, -0.15) is 0 Å². The zero-order valence-electron chi connectivity index (χ0n) is 16.6. The van der Waals surface area contributed by atoms with E-state index in [1.54, 1.807) is 24.7 Å². The third-order valence-corrected chi connectivity index (χ3v) is 5.86. The molecule has 0 saturated carbocycles. The molecule has 1 aliphatic heterocycles. The van der Waals surface area contributed by atoms with E-state index < -0.39 is 5.79 Å². The minimum absolute atomic E-state index is 0.262. The van der Waals surface area contributed by atoms with Crippen molar-refractivity contribution in [2.45, 2.75) is 18.4 Å². The molecule has 1 saturated heterocycles. The van der Waals surface area contributed by atoms with E-state index in [0.717, 1.165) is 16.7 Å². The van der Waals surface area contributed by atoms with Gasteiger partial charge in [-0.05, 0) is 35.0 Å². The minimum Gasteiger partial charge on any atom is -0.491 e. The number of halogens is 2. The van der Waals surface area contributed by atoms with E-state index in [1.165, 1.54) is 5.39 Å². The van der Waals surface area contributed by atoms with Crippen molar-refractivity contribution in [1.82, 2.24) is 9.55 Å². The van der Waals surface area contributed by atoms with Crippen molar-refractivity contribution in [3.05, 3.63) is 95.0 Å². The van der Waals surface area contributed by atoms with Gasteiger partial charge in [0.2, 0.25) is 5.79 Å². The Bertz CT molecular complexity index is 1200. The molecule has 0 spiro atoms. The lowest BCUT2D eigenvalue weighted by Gasteiger charge is -2.30. The van der Waals surface area contributed by atoms with Crippen molar-refractivity contribution in [3.8, 4) is 5.75 Å². The van der Waals surface area contributed by atoms with Crippen molar-refractivity contribution in [1.29, 1.82) is 0 Å². The van der Waals surface area contributed by atoms with Crippen LogP contribution in [0.5, 0.6) is 5.75 Å². The van der Waals surface area contributed by atoms with Gasteiger partial charge in [0.1, 0.15) is 18.5 Å². The monoisotopic (exact) mass is 454 g/mol. The van der Waals surface area contributed by atoms with E-state index in [2.05, 4.69) is 17.1 Å². The van der Waals surface area contributed by atoms with E-state index in [9.17, 15) is 0 Å². The number of aromatic nitrogens is 2. The van der Waals surface area contributed by atoms with Crippen molar-refractivity contribution in [2.75, 3.05) is 13.2 Å². The van der Waals surface area contributed by atoms with Crippen LogP contribution in [0.4, 0.5) is 0 Å². The van der Waals surface area contributed by atoms with Gasteiger partial charge in [0, 0.05) is 23.0 Å². The highest BCUT2D eigenvalue weighted by atomic mass is 35.5. The first kappa shape index (κ1) is 20.3. The highest BCUT2D eigenvalue weighted by molar-refractivity contribution is 6.35. The van der Waals surface area contributed by atoms with Gasteiger partial charge in [0.05, 0.1) is 24.5 Å². The third-order valence-electron chi connectivity index (χ3n) is 5.31. The van der Waals surface area contributed by atoms with Crippen LogP contribution < -0.4 is 4.74 Å². The lowest BCUT2D eigenvalue weighted by Crippen LogP contribution is -2.34. The first-order chi connectivity index (χ1) is 15.1. The SMILES string of the molecule is Clc1ccc([C@]2(Cn3ccnc3)OC[C@@H](COc3ccc4ccccc4c3)O2)c(Cl)c1. The topological polar surface area (TPSA) is 45.5 Å². The van der Waals surface area contributed by atoms with Gasteiger partial charge in [-0.15, -0.1) is 0 Å². The summed E-state index contributed by atoms with van der Waals surface area (Å²) in [6, 6.07) is 19.5. The predicted molar refractivity (Wildman–Crippen MR) is 121 cm³/mol. The molecule has 3 aromatic carbocycles. The van der Waals surface area contributed by atoms with E-state index >= 15 is 0 Å². The average molecular weight is 455 g/mol. The van der Waals surface area contributed by atoms with Gasteiger partial charge >= 0.3 is 0 Å². The summed E-state index contributed by atoms with van der Waals surface area (Å²) < 4.78 is 20.6. The Kier molecular flexibility index (Phi) is 5.59. The number of ether oxygens (including phenoxy) is 3. The van der Waals surface area contributed by atoms with Crippen LogP contribution in [0.3, 0.4) is 0 Å². The number of benzene rings is 3. The summed E-state index contributed by atoms with van der Waals surface area (Å²) in [5.41, 5.74) is 0.723. The number of rotatable bonds is 6. The van der Waals surface area contributed by atoms with E-state index in [1.807, 2.05) is 47.2 Å². The predicted octanol–water partition coefficient (Wildman–Crippen LogP) is 5.69. The van der Waals surface area contributed by atoms with Crippen LogP contribution in [-0.2, 0) is 21.8 Å². The molecule has 5 rings (SSSR count). The minimum atomic E-state index is -1.06. The Morgan fingerprint density at radius 3 is 2.74 bits per heavy atom. The maximum Gasteiger partial charge on any atom is 0.215 e. The second kappa shape index (κ2) is 8.52. The van der Waals surface area contributed by atoms with Gasteiger partial charge in [-0.3, -0.25) is 0 Å². The quantitative estimate of drug-likeness (QED) is 0.375. The Hall–Kier alpha value is -2.57. The zero-order valence-corrected chi connectivity index (χ0v) is 18.1. The maximum atomic E-state index is 6.51. The second-order valence-electron chi connectivity index (χ2n) is 7.48. The fraction of sp³-hybridized carbons (Fsp3) is 0.208. The molecule has 0 N–H and O–H groups in total. The Labute approximate surface area is 190 Å². The van der Waals surface area contributed by atoms with Crippen molar-refractivity contribution >= 4 is 34.0 Å². The molecule has 1 aromatic heterocycles. The molecule has 0 aliphatic carbocycles. The van der Waals surface area contributed by atoms with Gasteiger partial charge in [-0.1, -0.05) is 59.6 Å². The van der Waals surface area contributed by atoms with Gasteiger partial charge < -0.3 is 18.8 Å². The van der Waals surface area contributed by atoms with E-state index in [-0.39, 0.29) is 6.10 Å². The maximum absolute atomic E-state index is 6.51. The highest BCUT2D eigenvalue weighted by Gasteiger charge is 2.45. The van der Waals surface area contributed by atoms with Crippen LogP contribution in [0.1, 0.15) is 5.56 Å². The molecular formula is C24H20Cl2N2O3. The molecule has 31 heavy (non-hydrogen) atoms. The molecule has 2 atom stereocenters. The van der Waals surface area contributed by atoms with Crippen molar-refractivity contribution < 1.29 is 14.2 Å². The summed E-state index contributed by atoms with van der Waals surface area (Å²) >= 11 is 12.6. The van der Waals surface area contributed by atoms with Crippen LogP contribution in [0.25, 0.3) is 10.8 Å². The van der Waals surface area contributed by atoms with Gasteiger partial charge in [-0.25, -0.2) is 4.98 Å². The number of hydrogen-bond donors (Lipinski definition) is 0. The smallest absolute Gasteiger partial charge is 0.215 e. The molecule has 0 unspecified atom stereocenters. The van der Waals surface area contributed by atoms with Crippen LogP contribution in [0.15, 0.2) is 79.4 Å². The van der Waals surface area contributed by atoms with Crippen LogP contribution >= 0.6 is 23.2 Å². The van der Waals surface area contributed by atoms with Crippen LogP contribution in [0.2, 0.25) is 10.0 Å². The largest absolute Gasteiger partial charge is 0.491 e. The summed E-state index contributed by atoms with van der Waals surface area (Å²) in [6.45, 7) is 1.14. The summed E-state index contributed by atoms with van der Waals surface area (Å²) in [4.78, 5) is 4.12. The number of nitrogens with zero attached hydrogens (tertiary/aromatic N) is 2. The van der Waals surface area contributed by atoms with Gasteiger partial charge in [0.15, 0.2) is 0 Å². The Morgan fingerprint density at radius 1 is 1.06 bits per heavy atom. The average Bonchev–Trinajstić information content (AvgIpc) is 3.43. The first-order valence-corrected chi connectivity index (χ1v) is 10.7. The van der Waals surface area contributed by atoms with Crippen LogP contribution in [0, 0.1) is 0 Å². The fourth-order valence-electron chi connectivity index (χ4n) is 3.82. The highest BCUT2D eigenvalue weighted by Crippen LogP contribution is 2.40. The van der Waals surface area contributed by atoms with E-state index in [4.69, 9.17) is 37.4 Å². The molecule has 1 fully saturated rings. The lowest BCUT2D eigenvalue weighted by atomic mass is 10.1. The molecule has 1 aliphatic rings. The Balaban J connectivity index is 1.35. The summed E-state index contributed by atoms with van der Waals surface area (Å²) in [6.07, 6.45) is 5.03. The molecule has 7 heteroatoms. The molecule has 0 amide bonds. The molecule has 2 heterocycles. The number of fused-ring (bicyclic) bond motifs is 1. The molecule has 5 nitrogen and oxygen atoms in total. The molecule has 158 valence electrons. The molecule has 0 bridgehead atoms. The Morgan fingerprint density at radius 2 is 1.94 bits per heavy atom.